The minimum absolute atomic E-state index is 0.263. The normalized spacial score (nSPS) is 12.3. The predicted molar refractivity (Wildman–Crippen MR) is 105 cm³/mol. The number of hydrogen-bond acceptors (Lipinski definition) is 4. The van der Waals surface area contributed by atoms with Crippen LogP contribution in [0.5, 0.6) is 11.5 Å². The van der Waals surface area contributed by atoms with E-state index in [1.165, 1.54) is 24.3 Å². The van der Waals surface area contributed by atoms with E-state index < -0.39 is 5.82 Å². The molecule has 0 saturated carbocycles. The van der Waals surface area contributed by atoms with Gasteiger partial charge in [-0.1, -0.05) is 24.3 Å². The predicted octanol–water partition coefficient (Wildman–Crippen LogP) is 3.76. The quantitative estimate of drug-likeness (QED) is 0.673. The van der Waals surface area contributed by atoms with Gasteiger partial charge in [0.15, 0.2) is 17.3 Å². The number of fused-ring (bicyclic) bond motifs is 1. The number of hydrogen-bond donors (Lipinski definition) is 1. The third-order valence-electron chi connectivity index (χ3n) is 4.58. The molecule has 0 aliphatic carbocycles. The fourth-order valence-corrected chi connectivity index (χ4v) is 3.11. The number of rotatable bonds is 5. The monoisotopic (exact) mass is 391 g/mol. The van der Waals surface area contributed by atoms with E-state index in [9.17, 15) is 14.0 Å². The Morgan fingerprint density at radius 2 is 1.55 bits per heavy atom. The van der Waals surface area contributed by atoms with Gasteiger partial charge in [-0.3, -0.25) is 9.59 Å². The number of amides is 1. The highest BCUT2D eigenvalue weighted by Gasteiger charge is 2.18. The molecular formula is C23H18FNO4. The van der Waals surface area contributed by atoms with Gasteiger partial charge in [0.05, 0.1) is 5.56 Å². The standard InChI is InChI=1S/C23H18FNO4/c24-17-8-6-16(7-9-17)22(26)18-3-1-2-4-19(18)23(27)25-14-15-5-10-20-21(13-15)29-12-11-28-20/h1-10,13H,11-12,14H2,(H,25,27). The summed E-state index contributed by atoms with van der Waals surface area (Å²) in [5.41, 5.74) is 1.70. The van der Waals surface area contributed by atoms with Crippen LogP contribution in [0.1, 0.15) is 31.8 Å². The minimum Gasteiger partial charge on any atom is -0.486 e. The lowest BCUT2D eigenvalue weighted by Gasteiger charge is -2.19. The van der Waals surface area contributed by atoms with E-state index in [2.05, 4.69) is 5.32 Å². The summed E-state index contributed by atoms with van der Waals surface area (Å²) in [5.74, 6) is 0.199. The summed E-state index contributed by atoms with van der Waals surface area (Å²) in [4.78, 5) is 25.5. The molecule has 0 fully saturated rings. The molecule has 0 atom stereocenters. The molecule has 6 heteroatoms. The van der Waals surface area contributed by atoms with Crippen molar-refractivity contribution in [1.29, 1.82) is 0 Å². The second-order valence-electron chi connectivity index (χ2n) is 6.54. The second-order valence-corrected chi connectivity index (χ2v) is 6.54. The molecule has 0 radical (unpaired) electrons. The lowest BCUT2D eigenvalue weighted by molar-refractivity contribution is 0.0939. The Labute approximate surface area is 167 Å². The van der Waals surface area contributed by atoms with Crippen LogP contribution < -0.4 is 14.8 Å². The Bertz CT molecular complexity index is 1060. The third kappa shape index (κ3) is 4.11. The molecule has 0 unspecified atom stereocenters. The van der Waals surface area contributed by atoms with E-state index >= 15 is 0 Å². The number of halogens is 1. The topological polar surface area (TPSA) is 64.6 Å². The van der Waals surface area contributed by atoms with E-state index in [1.54, 1.807) is 24.3 Å². The summed E-state index contributed by atoms with van der Waals surface area (Å²) in [7, 11) is 0. The smallest absolute Gasteiger partial charge is 0.252 e. The third-order valence-corrected chi connectivity index (χ3v) is 4.58. The average Bonchev–Trinajstić information content (AvgIpc) is 2.77. The highest BCUT2D eigenvalue weighted by atomic mass is 19.1. The van der Waals surface area contributed by atoms with Crippen molar-refractivity contribution in [3.8, 4) is 11.5 Å². The van der Waals surface area contributed by atoms with Crippen molar-refractivity contribution in [2.75, 3.05) is 13.2 Å². The summed E-state index contributed by atoms with van der Waals surface area (Å²) in [5, 5.41) is 2.83. The number of carbonyl (C=O) groups excluding carboxylic acids is 2. The van der Waals surface area contributed by atoms with Crippen molar-refractivity contribution in [1.82, 2.24) is 5.32 Å². The van der Waals surface area contributed by atoms with E-state index in [-0.39, 0.29) is 29.4 Å². The molecule has 1 aliphatic rings. The summed E-state index contributed by atoms with van der Waals surface area (Å²) in [6, 6.07) is 17.3. The molecule has 1 N–H and O–H groups in total. The van der Waals surface area contributed by atoms with Crippen LogP contribution in [0.3, 0.4) is 0 Å². The second kappa shape index (κ2) is 8.14. The summed E-state index contributed by atoms with van der Waals surface area (Å²) < 4.78 is 24.2. The SMILES string of the molecule is O=C(NCc1ccc2c(c1)OCCO2)c1ccccc1C(=O)c1ccc(F)cc1. The molecule has 4 rings (SSSR count). The average molecular weight is 391 g/mol. The van der Waals surface area contributed by atoms with E-state index in [1.807, 2.05) is 18.2 Å². The first-order chi connectivity index (χ1) is 14.1. The summed E-state index contributed by atoms with van der Waals surface area (Å²) >= 11 is 0. The Hall–Kier alpha value is -3.67. The Morgan fingerprint density at radius 3 is 2.31 bits per heavy atom. The van der Waals surface area contributed by atoms with Gasteiger partial charge in [0.25, 0.3) is 5.91 Å². The lowest BCUT2D eigenvalue weighted by atomic mass is 9.98. The van der Waals surface area contributed by atoms with E-state index in [0.29, 0.717) is 30.3 Å². The van der Waals surface area contributed by atoms with Crippen LogP contribution in [0.4, 0.5) is 4.39 Å². The molecule has 0 aromatic heterocycles. The largest absolute Gasteiger partial charge is 0.486 e. The van der Waals surface area contributed by atoms with Gasteiger partial charge in [0.2, 0.25) is 0 Å². The molecule has 146 valence electrons. The molecule has 0 spiro atoms. The Morgan fingerprint density at radius 1 is 0.862 bits per heavy atom. The number of ether oxygens (including phenoxy) is 2. The fourth-order valence-electron chi connectivity index (χ4n) is 3.11. The van der Waals surface area contributed by atoms with Crippen molar-refractivity contribution in [2.24, 2.45) is 0 Å². The van der Waals surface area contributed by atoms with Gasteiger partial charge >= 0.3 is 0 Å². The zero-order valence-electron chi connectivity index (χ0n) is 15.5. The molecule has 1 heterocycles. The lowest BCUT2D eigenvalue weighted by Crippen LogP contribution is -2.25. The number of ketones is 1. The summed E-state index contributed by atoms with van der Waals surface area (Å²) in [6.45, 7) is 1.28. The first-order valence-corrected chi connectivity index (χ1v) is 9.18. The van der Waals surface area contributed by atoms with Gasteiger partial charge in [-0.15, -0.1) is 0 Å². The maximum atomic E-state index is 13.1. The van der Waals surface area contributed by atoms with Crippen LogP contribution >= 0.6 is 0 Å². The number of nitrogens with one attached hydrogen (secondary N) is 1. The van der Waals surface area contributed by atoms with Crippen LogP contribution in [0.2, 0.25) is 0 Å². The first kappa shape index (κ1) is 18.7. The molecule has 3 aromatic rings. The molecule has 0 bridgehead atoms. The summed E-state index contributed by atoms with van der Waals surface area (Å²) in [6.07, 6.45) is 0. The van der Waals surface area contributed by atoms with Crippen molar-refractivity contribution in [2.45, 2.75) is 6.54 Å². The Kier molecular flexibility index (Phi) is 5.24. The van der Waals surface area contributed by atoms with Crippen LogP contribution in [0, 0.1) is 5.82 Å². The maximum Gasteiger partial charge on any atom is 0.252 e. The number of carbonyl (C=O) groups is 2. The van der Waals surface area contributed by atoms with Crippen molar-refractivity contribution in [3.63, 3.8) is 0 Å². The van der Waals surface area contributed by atoms with Gasteiger partial charge in [-0.25, -0.2) is 4.39 Å². The van der Waals surface area contributed by atoms with Crippen LogP contribution in [-0.4, -0.2) is 24.9 Å². The van der Waals surface area contributed by atoms with Crippen LogP contribution in [-0.2, 0) is 6.54 Å². The van der Waals surface area contributed by atoms with Crippen molar-refractivity contribution in [3.05, 3.63) is 94.8 Å². The Balaban J connectivity index is 1.51. The van der Waals surface area contributed by atoms with Crippen molar-refractivity contribution >= 4 is 11.7 Å². The molecule has 1 aliphatic heterocycles. The van der Waals surface area contributed by atoms with Crippen molar-refractivity contribution < 1.29 is 23.5 Å². The minimum atomic E-state index is -0.424. The van der Waals surface area contributed by atoms with Gasteiger partial charge < -0.3 is 14.8 Å². The van der Waals surface area contributed by atoms with Crippen LogP contribution in [0.15, 0.2) is 66.7 Å². The van der Waals surface area contributed by atoms with Gasteiger partial charge in [0.1, 0.15) is 19.0 Å². The highest BCUT2D eigenvalue weighted by Crippen LogP contribution is 2.30. The van der Waals surface area contributed by atoms with Crippen LogP contribution in [0.25, 0.3) is 0 Å². The molecule has 0 saturated heterocycles. The van der Waals surface area contributed by atoms with E-state index in [0.717, 1.165) is 5.56 Å². The van der Waals surface area contributed by atoms with Gasteiger partial charge in [-0.2, -0.15) is 0 Å². The zero-order chi connectivity index (χ0) is 20.2. The van der Waals surface area contributed by atoms with Gasteiger partial charge in [-0.05, 0) is 48.0 Å². The van der Waals surface area contributed by atoms with Gasteiger partial charge in [0, 0.05) is 17.7 Å². The molecule has 3 aromatic carbocycles. The highest BCUT2D eigenvalue weighted by molar-refractivity contribution is 6.15. The van der Waals surface area contributed by atoms with E-state index in [4.69, 9.17) is 9.47 Å². The first-order valence-electron chi connectivity index (χ1n) is 9.18. The zero-order valence-corrected chi connectivity index (χ0v) is 15.5. The molecular weight excluding hydrogens is 373 g/mol. The molecule has 29 heavy (non-hydrogen) atoms. The molecule has 1 amide bonds. The number of benzene rings is 3. The maximum absolute atomic E-state index is 13.1. The molecule has 5 nitrogen and oxygen atoms in total. The fraction of sp³-hybridized carbons (Fsp3) is 0.130.